The molecule has 0 aliphatic heterocycles. The van der Waals surface area contributed by atoms with Crippen molar-refractivity contribution in [1.82, 2.24) is 5.32 Å². The maximum Gasteiger partial charge on any atom is 0.226 e. The van der Waals surface area contributed by atoms with E-state index in [1.54, 1.807) is 6.92 Å². The van der Waals surface area contributed by atoms with Gasteiger partial charge in [-0.2, -0.15) is 0 Å². The lowest BCUT2D eigenvalue weighted by Gasteiger charge is -2.31. The monoisotopic (exact) mass is 352 g/mol. The zero-order valence-electron chi connectivity index (χ0n) is 14.5. The summed E-state index contributed by atoms with van der Waals surface area (Å²) in [4.78, 5) is 24.1. The summed E-state index contributed by atoms with van der Waals surface area (Å²) in [6.07, 6.45) is 0.887. The second-order valence-electron chi connectivity index (χ2n) is 6.40. The van der Waals surface area contributed by atoms with E-state index in [1.165, 1.54) is 25.3 Å². The molecule has 7 heteroatoms. The van der Waals surface area contributed by atoms with Gasteiger partial charge < -0.3 is 20.5 Å². The summed E-state index contributed by atoms with van der Waals surface area (Å²) in [5, 5.41) is 15.2. The van der Waals surface area contributed by atoms with Gasteiger partial charge in [-0.1, -0.05) is 0 Å². The van der Waals surface area contributed by atoms with E-state index in [0.29, 0.717) is 30.5 Å². The summed E-state index contributed by atoms with van der Waals surface area (Å²) in [7, 11) is 1.52. The van der Waals surface area contributed by atoms with Crippen molar-refractivity contribution in [2.45, 2.75) is 44.8 Å². The van der Waals surface area contributed by atoms with Crippen LogP contribution in [0.3, 0.4) is 0 Å². The van der Waals surface area contributed by atoms with Crippen LogP contribution >= 0.6 is 0 Å². The van der Waals surface area contributed by atoms with E-state index in [0.717, 1.165) is 0 Å². The van der Waals surface area contributed by atoms with Crippen molar-refractivity contribution in [2.75, 3.05) is 19.0 Å². The molecule has 138 valence electrons. The van der Waals surface area contributed by atoms with Crippen LogP contribution in [0, 0.1) is 18.7 Å². The highest BCUT2D eigenvalue weighted by molar-refractivity contribution is 5.92. The number of carbonyl (C=O) groups excluding carboxylic acids is 2. The summed E-state index contributed by atoms with van der Waals surface area (Å²) >= 11 is 0. The number of carbonyl (C=O) groups is 2. The molecule has 3 N–H and O–H groups in total. The standard InChI is InChI=1S/C18H25FN2O4/c1-11-9-13(19)4-5-14(11)21-17(23)7-8-20-18(24)12-3-6-15(22)16(10-12)25-2/h4-5,9,12,15-16,22H,3,6-8,10H2,1-2H3,(H,20,24)(H,21,23)/t12-,15+,16-/m1/s1. The van der Waals surface area contributed by atoms with Crippen LogP contribution in [-0.2, 0) is 14.3 Å². The first-order valence-corrected chi connectivity index (χ1v) is 8.45. The lowest BCUT2D eigenvalue weighted by Crippen LogP contribution is -2.42. The lowest BCUT2D eigenvalue weighted by molar-refractivity contribution is -0.130. The molecule has 2 rings (SSSR count). The van der Waals surface area contributed by atoms with Crippen LogP contribution in [0.4, 0.5) is 10.1 Å². The van der Waals surface area contributed by atoms with Crippen molar-refractivity contribution < 1.29 is 23.8 Å². The molecule has 0 spiro atoms. The number of anilines is 1. The molecule has 0 bridgehead atoms. The molecule has 0 radical (unpaired) electrons. The first-order chi connectivity index (χ1) is 11.9. The van der Waals surface area contributed by atoms with Gasteiger partial charge in [-0.25, -0.2) is 4.39 Å². The number of amides is 2. The number of nitrogens with one attached hydrogen (secondary N) is 2. The number of hydrogen-bond donors (Lipinski definition) is 3. The van der Waals surface area contributed by atoms with E-state index in [1.807, 2.05) is 0 Å². The second-order valence-corrected chi connectivity index (χ2v) is 6.40. The number of ether oxygens (including phenoxy) is 1. The number of aliphatic hydroxyl groups is 1. The highest BCUT2D eigenvalue weighted by atomic mass is 19.1. The number of aliphatic hydroxyl groups excluding tert-OH is 1. The number of rotatable bonds is 6. The predicted molar refractivity (Wildman–Crippen MR) is 91.5 cm³/mol. The first kappa shape index (κ1) is 19.3. The van der Waals surface area contributed by atoms with E-state index >= 15 is 0 Å². The third kappa shape index (κ3) is 5.51. The van der Waals surface area contributed by atoms with Crippen LogP contribution in [0.1, 0.15) is 31.2 Å². The van der Waals surface area contributed by atoms with Crippen LogP contribution < -0.4 is 10.6 Å². The molecule has 1 aliphatic rings. The summed E-state index contributed by atoms with van der Waals surface area (Å²) in [6.45, 7) is 1.94. The van der Waals surface area contributed by atoms with Crippen molar-refractivity contribution in [2.24, 2.45) is 5.92 Å². The van der Waals surface area contributed by atoms with Gasteiger partial charge in [0.2, 0.25) is 11.8 Å². The van der Waals surface area contributed by atoms with Gasteiger partial charge in [-0.15, -0.1) is 0 Å². The number of benzene rings is 1. The van der Waals surface area contributed by atoms with Gasteiger partial charge in [-0.05, 0) is 49.9 Å². The van der Waals surface area contributed by atoms with E-state index < -0.39 is 6.10 Å². The third-order valence-corrected chi connectivity index (χ3v) is 4.54. The van der Waals surface area contributed by atoms with E-state index in [2.05, 4.69) is 10.6 Å². The van der Waals surface area contributed by atoms with Gasteiger partial charge in [0.25, 0.3) is 0 Å². The average molecular weight is 352 g/mol. The summed E-state index contributed by atoms with van der Waals surface area (Å²) in [6, 6.07) is 4.15. The lowest BCUT2D eigenvalue weighted by atomic mass is 9.84. The van der Waals surface area contributed by atoms with Gasteiger partial charge >= 0.3 is 0 Å². The molecule has 1 aromatic carbocycles. The number of hydrogen-bond acceptors (Lipinski definition) is 4. The molecule has 25 heavy (non-hydrogen) atoms. The van der Waals surface area contributed by atoms with Gasteiger partial charge in [0, 0.05) is 31.7 Å². The Morgan fingerprint density at radius 1 is 1.36 bits per heavy atom. The summed E-state index contributed by atoms with van der Waals surface area (Å²) in [5.41, 5.74) is 1.20. The van der Waals surface area contributed by atoms with Crippen LogP contribution in [-0.4, -0.2) is 42.8 Å². The molecular weight excluding hydrogens is 327 g/mol. The minimum Gasteiger partial charge on any atom is -0.390 e. The van der Waals surface area contributed by atoms with Crippen molar-refractivity contribution >= 4 is 17.5 Å². The van der Waals surface area contributed by atoms with Gasteiger partial charge in [0.05, 0.1) is 12.2 Å². The predicted octanol–water partition coefficient (Wildman–Crippen LogP) is 1.75. The average Bonchev–Trinajstić information content (AvgIpc) is 2.57. The highest BCUT2D eigenvalue weighted by Gasteiger charge is 2.32. The number of methoxy groups -OCH3 is 1. The second kappa shape index (κ2) is 8.92. The smallest absolute Gasteiger partial charge is 0.226 e. The van der Waals surface area contributed by atoms with Crippen LogP contribution in [0.5, 0.6) is 0 Å². The van der Waals surface area contributed by atoms with Gasteiger partial charge in [0.15, 0.2) is 0 Å². The minimum atomic E-state index is -0.529. The Hall–Kier alpha value is -1.99. The Morgan fingerprint density at radius 2 is 2.12 bits per heavy atom. The third-order valence-electron chi connectivity index (χ3n) is 4.54. The fourth-order valence-electron chi connectivity index (χ4n) is 3.03. The van der Waals surface area contributed by atoms with Crippen molar-refractivity contribution in [1.29, 1.82) is 0 Å². The molecule has 1 fully saturated rings. The molecule has 1 saturated carbocycles. The van der Waals surface area contributed by atoms with E-state index in [-0.39, 0.29) is 42.6 Å². The maximum absolute atomic E-state index is 13.0. The van der Waals surface area contributed by atoms with Gasteiger partial charge in [-0.3, -0.25) is 9.59 Å². The van der Waals surface area contributed by atoms with Crippen molar-refractivity contribution in [3.8, 4) is 0 Å². The van der Waals surface area contributed by atoms with Crippen LogP contribution in [0.25, 0.3) is 0 Å². The molecule has 3 atom stereocenters. The normalized spacial score (nSPS) is 23.1. The van der Waals surface area contributed by atoms with Crippen molar-refractivity contribution in [3.63, 3.8) is 0 Å². The van der Waals surface area contributed by atoms with Crippen molar-refractivity contribution in [3.05, 3.63) is 29.6 Å². The molecule has 2 amide bonds. The Kier molecular flexibility index (Phi) is 6.90. The first-order valence-electron chi connectivity index (χ1n) is 8.45. The number of aryl methyl sites for hydroxylation is 1. The Morgan fingerprint density at radius 3 is 2.80 bits per heavy atom. The molecule has 1 aliphatic carbocycles. The van der Waals surface area contributed by atoms with Crippen LogP contribution in [0.2, 0.25) is 0 Å². The SMILES string of the molecule is CO[C@@H]1C[C@H](C(=O)NCCC(=O)Nc2ccc(F)cc2C)CC[C@@H]1O. The summed E-state index contributed by atoms with van der Waals surface area (Å²) < 4.78 is 18.2. The highest BCUT2D eigenvalue weighted by Crippen LogP contribution is 2.26. The molecule has 0 heterocycles. The maximum atomic E-state index is 13.0. The van der Waals surface area contributed by atoms with Crippen LogP contribution in [0.15, 0.2) is 18.2 Å². The zero-order chi connectivity index (χ0) is 18.4. The fraction of sp³-hybridized carbons (Fsp3) is 0.556. The molecular formula is C18H25FN2O4. The number of halogens is 1. The minimum absolute atomic E-state index is 0.125. The Balaban J connectivity index is 1.74. The Bertz CT molecular complexity index is 623. The van der Waals surface area contributed by atoms with Gasteiger partial charge in [0.1, 0.15) is 5.82 Å². The Labute approximate surface area is 146 Å². The molecule has 0 unspecified atom stereocenters. The van der Waals surface area contributed by atoms with E-state index in [4.69, 9.17) is 4.74 Å². The fourth-order valence-corrected chi connectivity index (χ4v) is 3.03. The largest absolute Gasteiger partial charge is 0.390 e. The summed E-state index contributed by atoms with van der Waals surface area (Å²) in [5.74, 6) is -0.936. The molecule has 6 nitrogen and oxygen atoms in total. The molecule has 1 aromatic rings. The van der Waals surface area contributed by atoms with E-state index in [9.17, 15) is 19.1 Å². The molecule has 0 saturated heterocycles. The zero-order valence-corrected chi connectivity index (χ0v) is 14.5. The molecule has 0 aromatic heterocycles. The quantitative estimate of drug-likeness (QED) is 0.728. The topological polar surface area (TPSA) is 87.7 Å².